The molecule has 1 unspecified atom stereocenters. The van der Waals surface area contributed by atoms with Crippen molar-refractivity contribution < 1.29 is 19.4 Å². The lowest BCUT2D eigenvalue weighted by Gasteiger charge is -2.22. The van der Waals surface area contributed by atoms with E-state index < -0.39 is 11.6 Å². The summed E-state index contributed by atoms with van der Waals surface area (Å²) in [4.78, 5) is 11.0. The molecule has 5 nitrogen and oxygen atoms in total. The number of nitrogens with zero attached hydrogens (tertiary/aromatic N) is 1. The molecule has 2 N–H and O–H groups in total. The molecule has 0 bridgehead atoms. The number of carboxylic acids is 1. The third kappa shape index (κ3) is 2.21. The maximum Gasteiger partial charge on any atom is 0.339 e. The zero-order valence-corrected chi connectivity index (χ0v) is 10.1. The number of hydrogen-bond acceptors (Lipinski definition) is 4. The fourth-order valence-corrected chi connectivity index (χ4v) is 1.86. The van der Waals surface area contributed by atoms with E-state index in [4.69, 9.17) is 14.8 Å². The second-order valence-corrected chi connectivity index (χ2v) is 4.23. The molecule has 19 heavy (non-hydrogen) atoms. The summed E-state index contributed by atoms with van der Waals surface area (Å²) >= 11 is 0. The average Bonchev–Trinajstić information content (AvgIpc) is 2.89. The summed E-state index contributed by atoms with van der Waals surface area (Å²) in [6.45, 7) is 1.44. The number of aromatic carboxylic acids is 1. The molecule has 0 aliphatic rings. The van der Waals surface area contributed by atoms with Crippen LogP contribution in [0.1, 0.15) is 34.2 Å². The molecule has 1 aromatic heterocycles. The van der Waals surface area contributed by atoms with Crippen LogP contribution in [0.2, 0.25) is 0 Å². The molecule has 96 valence electrons. The van der Waals surface area contributed by atoms with Crippen LogP contribution in [0.5, 0.6) is 0 Å². The first kappa shape index (κ1) is 12.9. The van der Waals surface area contributed by atoms with Gasteiger partial charge >= 0.3 is 5.97 Å². The molecule has 2 rings (SSSR count). The Labute approximate surface area is 109 Å². The van der Waals surface area contributed by atoms with Gasteiger partial charge in [0.25, 0.3) is 0 Å². The molecule has 1 heterocycles. The van der Waals surface area contributed by atoms with Gasteiger partial charge in [0.05, 0.1) is 17.9 Å². The van der Waals surface area contributed by atoms with Crippen molar-refractivity contribution in [2.75, 3.05) is 0 Å². The molecule has 0 fully saturated rings. The standard InChI is InChI=1S/C14H11NO4/c1-14(18,10-4-2-9(8-15)3-5-10)12-11(13(16)17)6-7-19-12/h2-7,18H,1H3,(H,16,17). The van der Waals surface area contributed by atoms with Gasteiger partial charge in [-0.25, -0.2) is 4.79 Å². The molecular formula is C14H11NO4. The molecule has 0 amide bonds. The summed E-state index contributed by atoms with van der Waals surface area (Å²) in [5, 5.41) is 28.3. The Kier molecular flexibility index (Phi) is 3.11. The predicted octanol–water partition coefficient (Wildman–Crippen LogP) is 2.11. The van der Waals surface area contributed by atoms with Gasteiger partial charge in [-0.05, 0) is 30.7 Å². The Morgan fingerprint density at radius 3 is 2.47 bits per heavy atom. The topological polar surface area (TPSA) is 94.5 Å². The number of rotatable bonds is 3. The van der Waals surface area contributed by atoms with Gasteiger partial charge in [0.15, 0.2) is 5.76 Å². The van der Waals surface area contributed by atoms with E-state index in [1.54, 1.807) is 24.3 Å². The minimum Gasteiger partial charge on any atom is -0.478 e. The summed E-state index contributed by atoms with van der Waals surface area (Å²) in [6, 6.07) is 9.48. The van der Waals surface area contributed by atoms with Crippen LogP contribution in [0, 0.1) is 11.3 Å². The van der Waals surface area contributed by atoms with Crippen LogP contribution in [0.3, 0.4) is 0 Å². The van der Waals surface area contributed by atoms with Crippen molar-refractivity contribution in [1.82, 2.24) is 0 Å². The second kappa shape index (κ2) is 4.59. The molecule has 1 atom stereocenters. The molecule has 5 heteroatoms. The molecule has 2 aromatic rings. The first-order chi connectivity index (χ1) is 8.96. The first-order valence-electron chi connectivity index (χ1n) is 5.51. The van der Waals surface area contributed by atoms with E-state index in [0.29, 0.717) is 11.1 Å². The summed E-state index contributed by atoms with van der Waals surface area (Å²) < 4.78 is 5.11. The second-order valence-electron chi connectivity index (χ2n) is 4.23. The molecular weight excluding hydrogens is 246 g/mol. The van der Waals surface area contributed by atoms with E-state index in [9.17, 15) is 9.90 Å². The van der Waals surface area contributed by atoms with Gasteiger partial charge in [-0.15, -0.1) is 0 Å². The molecule has 0 radical (unpaired) electrons. The third-order valence-corrected chi connectivity index (χ3v) is 2.91. The maximum absolute atomic E-state index is 11.0. The number of carboxylic acid groups (broad SMARTS) is 1. The van der Waals surface area contributed by atoms with Crippen LogP contribution in [0.15, 0.2) is 41.0 Å². The molecule has 0 saturated carbocycles. The van der Waals surface area contributed by atoms with Gasteiger partial charge in [0, 0.05) is 0 Å². The van der Waals surface area contributed by atoms with E-state index in [0.717, 1.165) is 0 Å². The van der Waals surface area contributed by atoms with Crippen LogP contribution in [0.4, 0.5) is 0 Å². The Morgan fingerprint density at radius 1 is 1.32 bits per heavy atom. The summed E-state index contributed by atoms with van der Waals surface area (Å²) in [7, 11) is 0. The fourth-order valence-electron chi connectivity index (χ4n) is 1.86. The quantitative estimate of drug-likeness (QED) is 0.878. The summed E-state index contributed by atoms with van der Waals surface area (Å²) in [5.41, 5.74) is -0.763. The van der Waals surface area contributed by atoms with Gasteiger partial charge in [0.1, 0.15) is 11.2 Å². The van der Waals surface area contributed by atoms with Crippen molar-refractivity contribution in [2.24, 2.45) is 0 Å². The Morgan fingerprint density at radius 2 is 1.95 bits per heavy atom. The highest BCUT2D eigenvalue weighted by Gasteiger charge is 2.33. The number of furan rings is 1. The highest BCUT2D eigenvalue weighted by Crippen LogP contribution is 2.32. The zero-order valence-electron chi connectivity index (χ0n) is 10.1. The number of aliphatic hydroxyl groups is 1. The van der Waals surface area contributed by atoms with Gasteiger partial charge in [0.2, 0.25) is 0 Å². The minimum absolute atomic E-state index is 0.0373. The number of carbonyl (C=O) groups is 1. The van der Waals surface area contributed by atoms with Crippen molar-refractivity contribution >= 4 is 5.97 Å². The zero-order chi connectivity index (χ0) is 14.0. The van der Waals surface area contributed by atoms with Crippen molar-refractivity contribution in [1.29, 1.82) is 5.26 Å². The third-order valence-electron chi connectivity index (χ3n) is 2.91. The lowest BCUT2D eigenvalue weighted by atomic mass is 9.90. The van der Waals surface area contributed by atoms with Crippen LogP contribution in [-0.2, 0) is 5.60 Å². The Balaban J connectivity index is 2.49. The highest BCUT2D eigenvalue weighted by molar-refractivity contribution is 5.89. The van der Waals surface area contributed by atoms with E-state index in [2.05, 4.69) is 0 Å². The highest BCUT2D eigenvalue weighted by atomic mass is 16.4. The molecule has 0 aliphatic heterocycles. The summed E-state index contributed by atoms with van der Waals surface area (Å²) in [6.07, 6.45) is 1.22. The minimum atomic E-state index is -1.58. The van der Waals surface area contributed by atoms with Crippen LogP contribution >= 0.6 is 0 Å². The van der Waals surface area contributed by atoms with Gasteiger partial charge in [-0.1, -0.05) is 12.1 Å². The Bertz CT molecular complexity index is 647. The maximum atomic E-state index is 11.0. The van der Waals surface area contributed by atoms with Gasteiger partial charge in [-0.2, -0.15) is 5.26 Å². The fraction of sp³-hybridized carbons (Fsp3) is 0.143. The van der Waals surface area contributed by atoms with Gasteiger partial charge < -0.3 is 14.6 Å². The largest absolute Gasteiger partial charge is 0.478 e. The summed E-state index contributed by atoms with van der Waals surface area (Å²) in [5.74, 6) is -1.21. The molecule has 0 spiro atoms. The lowest BCUT2D eigenvalue weighted by molar-refractivity contribution is 0.0615. The Hall–Kier alpha value is -2.58. The van der Waals surface area contributed by atoms with Crippen LogP contribution < -0.4 is 0 Å². The van der Waals surface area contributed by atoms with Crippen molar-refractivity contribution in [3.63, 3.8) is 0 Å². The lowest BCUT2D eigenvalue weighted by Crippen LogP contribution is -2.24. The first-order valence-corrected chi connectivity index (χ1v) is 5.51. The number of nitriles is 1. The van der Waals surface area contributed by atoms with Crippen LogP contribution in [0.25, 0.3) is 0 Å². The monoisotopic (exact) mass is 257 g/mol. The number of hydrogen-bond donors (Lipinski definition) is 2. The number of benzene rings is 1. The van der Waals surface area contributed by atoms with E-state index in [1.165, 1.54) is 19.3 Å². The van der Waals surface area contributed by atoms with E-state index in [-0.39, 0.29) is 11.3 Å². The average molecular weight is 257 g/mol. The van der Waals surface area contributed by atoms with Crippen molar-refractivity contribution in [2.45, 2.75) is 12.5 Å². The molecule has 0 aliphatic carbocycles. The van der Waals surface area contributed by atoms with Crippen molar-refractivity contribution in [3.8, 4) is 6.07 Å². The smallest absolute Gasteiger partial charge is 0.339 e. The van der Waals surface area contributed by atoms with Crippen LogP contribution in [-0.4, -0.2) is 16.2 Å². The molecule has 1 aromatic carbocycles. The predicted molar refractivity (Wildman–Crippen MR) is 65.5 cm³/mol. The SMILES string of the molecule is CC(O)(c1ccc(C#N)cc1)c1occc1C(=O)O. The van der Waals surface area contributed by atoms with Crippen molar-refractivity contribution in [3.05, 3.63) is 59.0 Å². The van der Waals surface area contributed by atoms with E-state index >= 15 is 0 Å². The van der Waals surface area contributed by atoms with E-state index in [1.807, 2.05) is 6.07 Å². The molecule has 0 saturated heterocycles. The van der Waals surface area contributed by atoms with Gasteiger partial charge in [-0.3, -0.25) is 0 Å². The normalized spacial score (nSPS) is 13.5.